The number of aryl methyl sites for hydroxylation is 2. The molecule has 26 heavy (non-hydrogen) atoms. The van der Waals surface area contributed by atoms with Crippen LogP contribution in [0, 0.1) is 13.8 Å². The van der Waals surface area contributed by atoms with Crippen molar-refractivity contribution in [3.8, 4) is 33.6 Å². The molecule has 128 valence electrons. The van der Waals surface area contributed by atoms with Crippen LogP contribution in [0.4, 0.5) is 0 Å². The summed E-state index contributed by atoms with van der Waals surface area (Å²) in [6, 6.07) is 23.7. The van der Waals surface area contributed by atoms with Crippen molar-refractivity contribution in [3.63, 3.8) is 0 Å². The first-order valence-electron chi connectivity index (χ1n) is 8.89. The highest BCUT2D eigenvalue weighted by Gasteiger charge is 2.13. The van der Waals surface area contributed by atoms with Crippen molar-refractivity contribution in [2.45, 2.75) is 13.8 Å². The number of hydrogen-bond donors (Lipinski definition) is 0. The van der Waals surface area contributed by atoms with E-state index in [2.05, 4.69) is 90.1 Å². The molecule has 0 N–H and O–H groups in total. The molecule has 0 aliphatic rings. The third kappa shape index (κ3) is 2.84. The van der Waals surface area contributed by atoms with E-state index in [9.17, 15) is 0 Å². The number of rotatable bonds is 3. The van der Waals surface area contributed by atoms with Crippen LogP contribution in [-0.4, -0.2) is 9.55 Å². The lowest BCUT2D eigenvalue weighted by molar-refractivity contribution is 0.923. The van der Waals surface area contributed by atoms with Crippen molar-refractivity contribution in [2.24, 2.45) is 7.05 Å². The molecule has 4 rings (SSSR count). The molecule has 0 atom stereocenters. The minimum Gasteiger partial charge on any atom is -0.334 e. The smallest absolute Gasteiger partial charge is 0.139 e. The topological polar surface area (TPSA) is 17.8 Å². The van der Waals surface area contributed by atoms with Gasteiger partial charge in [0.25, 0.3) is 0 Å². The second-order valence-electron chi connectivity index (χ2n) is 6.74. The maximum Gasteiger partial charge on any atom is 0.139 e. The number of hydrogen-bond acceptors (Lipinski definition) is 1. The summed E-state index contributed by atoms with van der Waals surface area (Å²) in [5, 5.41) is 0. The van der Waals surface area contributed by atoms with E-state index in [0.717, 1.165) is 5.82 Å². The quantitative estimate of drug-likeness (QED) is 0.445. The Hall–Kier alpha value is -3.13. The number of imidazole rings is 1. The first-order chi connectivity index (χ1) is 12.6. The van der Waals surface area contributed by atoms with Crippen LogP contribution in [0.2, 0.25) is 0 Å². The summed E-state index contributed by atoms with van der Waals surface area (Å²) in [5.41, 5.74) is 8.75. The Kier molecular flexibility index (Phi) is 4.18. The third-order valence-electron chi connectivity index (χ3n) is 5.03. The zero-order chi connectivity index (χ0) is 18.1. The average molecular weight is 338 g/mol. The van der Waals surface area contributed by atoms with Crippen molar-refractivity contribution in [1.29, 1.82) is 0 Å². The second-order valence-corrected chi connectivity index (χ2v) is 6.74. The summed E-state index contributed by atoms with van der Waals surface area (Å²) in [6.45, 7) is 4.37. The molecule has 0 saturated carbocycles. The maximum atomic E-state index is 4.53. The molecule has 3 aromatic carbocycles. The Morgan fingerprint density at radius 3 is 2.23 bits per heavy atom. The fourth-order valence-corrected chi connectivity index (χ4v) is 3.52. The number of aromatic nitrogens is 2. The molecule has 0 saturated heterocycles. The molecule has 0 fully saturated rings. The zero-order valence-electron chi connectivity index (χ0n) is 15.4. The molecule has 0 spiro atoms. The maximum absolute atomic E-state index is 4.53. The van der Waals surface area contributed by atoms with E-state index in [4.69, 9.17) is 0 Å². The van der Waals surface area contributed by atoms with E-state index >= 15 is 0 Å². The molecule has 0 aliphatic heterocycles. The van der Waals surface area contributed by atoms with Gasteiger partial charge < -0.3 is 4.57 Å². The lowest BCUT2D eigenvalue weighted by Crippen LogP contribution is -1.96. The highest BCUT2D eigenvalue weighted by molar-refractivity contribution is 5.81. The summed E-state index contributed by atoms with van der Waals surface area (Å²) in [6.07, 6.45) is 3.84. The lowest BCUT2D eigenvalue weighted by atomic mass is 9.91. The van der Waals surface area contributed by atoms with Gasteiger partial charge in [-0.25, -0.2) is 4.98 Å². The van der Waals surface area contributed by atoms with Gasteiger partial charge in [0.15, 0.2) is 0 Å². The van der Waals surface area contributed by atoms with E-state index < -0.39 is 0 Å². The van der Waals surface area contributed by atoms with Crippen LogP contribution in [0.15, 0.2) is 79.1 Å². The van der Waals surface area contributed by atoms with Crippen molar-refractivity contribution in [2.75, 3.05) is 0 Å². The van der Waals surface area contributed by atoms with E-state index in [1.54, 1.807) is 0 Å². The fourth-order valence-electron chi connectivity index (χ4n) is 3.52. The normalized spacial score (nSPS) is 10.9. The predicted octanol–water partition coefficient (Wildman–Crippen LogP) is 6.04. The number of nitrogens with zero attached hydrogens (tertiary/aromatic N) is 2. The lowest BCUT2D eigenvalue weighted by Gasteiger charge is -2.15. The van der Waals surface area contributed by atoms with E-state index in [1.165, 1.54) is 38.9 Å². The molecule has 0 bridgehead atoms. The molecule has 2 nitrogen and oxygen atoms in total. The van der Waals surface area contributed by atoms with Crippen LogP contribution < -0.4 is 0 Å². The summed E-state index contributed by atoms with van der Waals surface area (Å²) in [4.78, 5) is 4.53. The van der Waals surface area contributed by atoms with Crippen LogP contribution in [0.3, 0.4) is 0 Å². The summed E-state index contributed by atoms with van der Waals surface area (Å²) in [7, 11) is 2.04. The first kappa shape index (κ1) is 16.3. The standard InChI is InChI=1S/C24H22N2/c1-17-12-13-20(19-8-5-4-6-9-19)16-23(17)21-10-7-11-22(18(21)2)24-25-14-15-26(24)3/h4-16H,1-3H3. The summed E-state index contributed by atoms with van der Waals surface area (Å²) in [5.74, 6) is 1.00. The molecule has 4 aromatic rings. The molecule has 1 aromatic heterocycles. The van der Waals surface area contributed by atoms with Gasteiger partial charge in [-0.05, 0) is 53.3 Å². The molecule has 0 radical (unpaired) electrons. The van der Waals surface area contributed by atoms with E-state index in [1.807, 2.05) is 19.4 Å². The molecule has 1 heterocycles. The van der Waals surface area contributed by atoms with Gasteiger partial charge in [-0.1, -0.05) is 60.7 Å². The summed E-state index contributed by atoms with van der Waals surface area (Å²) >= 11 is 0. The average Bonchev–Trinajstić information content (AvgIpc) is 3.09. The van der Waals surface area contributed by atoms with Gasteiger partial charge in [-0.3, -0.25) is 0 Å². The fraction of sp³-hybridized carbons (Fsp3) is 0.125. The van der Waals surface area contributed by atoms with Gasteiger partial charge in [-0.15, -0.1) is 0 Å². The van der Waals surface area contributed by atoms with Crippen molar-refractivity contribution >= 4 is 0 Å². The Balaban J connectivity index is 1.87. The van der Waals surface area contributed by atoms with Gasteiger partial charge in [0.1, 0.15) is 5.82 Å². The highest BCUT2D eigenvalue weighted by atomic mass is 15.0. The van der Waals surface area contributed by atoms with Gasteiger partial charge in [-0.2, -0.15) is 0 Å². The van der Waals surface area contributed by atoms with E-state index in [0.29, 0.717) is 0 Å². The van der Waals surface area contributed by atoms with Gasteiger partial charge >= 0.3 is 0 Å². The van der Waals surface area contributed by atoms with Crippen molar-refractivity contribution < 1.29 is 0 Å². The van der Waals surface area contributed by atoms with Crippen molar-refractivity contribution in [1.82, 2.24) is 9.55 Å². The predicted molar refractivity (Wildman–Crippen MR) is 109 cm³/mol. The van der Waals surface area contributed by atoms with E-state index in [-0.39, 0.29) is 0 Å². The minimum absolute atomic E-state index is 1.00. The SMILES string of the molecule is Cc1ccc(-c2ccccc2)cc1-c1cccc(-c2nccn2C)c1C. The molecule has 0 amide bonds. The molecule has 0 aliphatic carbocycles. The number of benzene rings is 3. The summed E-state index contributed by atoms with van der Waals surface area (Å²) < 4.78 is 2.07. The molecule has 2 heteroatoms. The first-order valence-corrected chi connectivity index (χ1v) is 8.89. The van der Waals surface area contributed by atoms with Crippen LogP contribution in [0.5, 0.6) is 0 Å². The van der Waals surface area contributed by atoms with Gasteiger partial charge in [0, 0.05) is 25.0 Å². The Morgan fingerprint density at radius 2 is 1.50 bits per heavy atom. The second kappa shape index (κ2) is 6.64. The molecular formula is C24H22N2. The van der Waals surface area contributed by atoms with Gasteiger partial charge in [0.05, 0.1) is 0 Å². The largest absolute Gasteiger partial charge is 0.334 e. The van der Waals surface area contributed by atoms with Gasteiger partial charge in [0.2, 0.25) is 0 Å². The third-order valence-corrected chi connectivity index (χ3v) is 5.03. The van der Waals surface area contributed by atoms with Crippen molar-refractivity contribution in [3.05, 3.63) is 90.3 Å². The zero-order valence-corrected chi connectivity index (χ0v) is 15.4. The molecular weight excluding hydrogens is 316 g/mol. The van der Waals surface area contributed by atoms with Crippen LogP contribution in [-0.2, 0) is 7.05 Å². The minimum atomic E-state index is 1.00. The molecule has 0 unspecified atom stereocenters. The van der Waals surface area contributed by atoms with Crippen LogP contribution in [0.25, 0.3) is 33.6 Å². The monoisotopic (exact) mass is 338 g/mol. The van der Waals surface area contributed by atoms with Crippen LogP contribution in [0.1, 0.15) is 11.1 Å². The van der Waals surface area contributed by atoms with Crippen LogP contribution >= 0.6 is 0 Å². The highest BCUT2D eigenvalue weighted by Crippen LogP contribution is 2.35. The Labute approximate surface area is 154 Å². The Morgan fingerprint density at radius 1 is 0.731 bits per heavy atom. The Bertz CT molecular complexity index is 1060.